The quantitative estimate of drug-likeness (QED) is 0.502. The van der Waals surface area contributed by atoms with E-state index in [1.54, 1.807) is 18.2 Å². The van der Waals surface area contributed by atoms with Gasteiger partial charge < -0.3 is 0 Å². The Morgan fingerprint density at radius 1 is 1.00 bits per heavy atom. The molecule has 0 nitrogen and oxygen atoms in total. The summed E-state index contributed by atoms with van der Waals surface area (Å²) in [7, 11) is 0. The van der Waals surface area contributed by atoms with Crippen molar-refractivity contribution in [1.82, 2.24) is 0 Å². The molecule has 9 heavy (non-hydrogen) atoms. The van der Waals surface area contributed by atoms with Crippen LogP contribution in [0, 0.1) is 0 Å². The van der Waals surface area contributed by atoms with Gasteiger partial charge in [0.15, 0.2) is 0 Å². The van der Waals surface area contributed by atoms with Crippen LogP contribution < -0.4 is 0 Å². The molecule has 0 aromatic carbocycles. The summed E-state index contributed by atoms with van der Waals surface area (Å²) in [6, 6.07) is 0. The minimum absolute atomic E-state index is 1.05. The van der Waals surface area contributed by atoms with Gasteiger partial charge in [-0.15, -0.1) is 0 Å². The van der Waals surface area contributed by atoms with Crippen LogP contribution in [0.3, 0.4) is 0 Å². The van der Waals surface area contributed by atoms with Crippen LogP contribution in [0.2, 0.25) is 0 Å². The molecule has 0 rings (SSSR count). The Bertz CT molecular complexity index is 149. The van der Waals surface area contributed by atoms with Gasteiger partial charge in [-0.25, -0.2) is 0 Å². The highest BCUT2D eigenvalue weighted by molar-refractivity contribution is 5.36. The summed E-state index contributed by atoms with van der Waals surface area (Å²) in [5.41, 5.74) is 2.16. The first-order valence-corrected chi connectivity index (χ1v) is 2.84. The second kappa shape index (κ2) is 3.90. The largest absolute Gasteiger partial charge is 0.0988 e. The Hall–Kier alpha value is -1.04. The SMILES string of the molecule is C=CC(C)=C(C=C)C=C. The lowest BCUT2D eigenvalue weighted by Gasteiger charge is -1.94. The summed E-state index contributed by atoms with van der Waals surface area (Å²) in [6.07, 6.45) is 5.33. The van der Waals surface area contributed by atoms with E-state index in [0.717, 1.165) is 11.1 Å². The van der Waals surface area contributed by atoms with Gasteiger partial charge in [0.25, 0.3) is 0 Å². The van der Waals surface area contributed by atoms with E-state index in [1.165, 1.54) is 0 Å². The van der Waals surface area contributed by atoms with E-state index in [2.05, 4.69) is 19.7 Å². The van der Waals surface area contributed by atoms with E-state index >= 15 is 0 Å². The van der Waals surface area contributed by atoms with Gasteiger partial charge >= 0.3 is 0 Å². The monoisotopic (exact) mass is 120 g/mol. The fourth-order valence-corrected chi connectivity index (χ4v) is 0.523. The van der Waals surface area contributed by atoms with Crippen molar-refractivity contribution in [3.63, 3.8) is 0 Å². The van der Waals surface area contributed by atoms with Crippen LogP contribution in [-0.4, -0.2) is 0 Å². The maximum absolute atomic E-state index is 3.62. The third-order valence-corrected chi connectivity index (χ3v) is 1.20. The van der Waals surface area contributed by atoms with Crippen LogP contribution in [0.5, 0.6) is 0 Å². The minimum Gasteiger partial charge on any atom is -0.0988 e. The van der Waals surface area contributed by atoms with Gasteiger partial charge in [-0.1, -0.05) is 38.0 Å². The normalized spacial score (nSPS) is 7.67. The van der Waals surface area contributed by atoms with Gasteiger partial charge in [0.2, 0.25) is 0 Å². The molecule has 0 heteroatoms. The van der Waals surface area contributed by atoms with Crippen molar-refractivity contribution in [3.8, 4) is 0 Å². The van der Waals surface area contributed by atoms with Crippen molar-refractivity contribution in [2.24, 2.45) is 0 Å². The molecule has 0 aliphatic heterocycles. The van der Waals surface area contributed by atoms with Crippen LogP contribution in [0.25, 0.3) is 0 Å². The van der Waals surface area contributed by atoms with Gasteiger partial charge in [0, 0.05) is 0 Å². The first-order valence-electron chi connectivity index (χ1n) is 2.84. The van der Waals surface area contributed by atoms with Gasteiger partial charge in [0.1, 0.15) is 0 Å². The average Bonchev–Trinajstić information content (AvgIpc) is 1.90. The Morgan fingerprint density at radius 3 is 1.56 bits per heavy atom. The molecule has 0 saturated carbocycles. The highest BCUT2D eigenvalue weighted by atomic mass is 13.9. The van der Waals surface area contributed by atoms with E-state index in [1.807, 2.05) is 6.92 Å². The maximum Gasteiger partial charge on any atom is -0.0239 e. The molecule has 0 aliphatic rings. The third kappa shape index (κ3) is 2.13. The van der Waals surface area contributed by atoms with Crippen LogP contribution in [0.15, 0.2) is 49.1 Å². The lowest BCUT2D eigenvalue weighted by atomic mass is 10.1. The Balaban J connectivity index is 4.56. The van der Waals surface area contributed by atoms with Crippen LogP contribution >= 0.6 is 0 Å². The van der Waals surface area contributed by atoms with Crippen molar-refractivity contribution in [3.05, 3.63) is 49.1 Å². The van der Waals surface area contributed by atoms with E-state index in [9.17, 15) is 0 Å². The Kier molecular flexibility index (Phi) is 3.45. The number of allylic oxidation sites excluding steroid dienone is 5. The second-order valence-corrected chi connectivity index (χ2v) is 1.75. The molecule has 0 aliphatic carbocycles. The van der Waals surface area contributed by atoms with E-state index in [0.29, 0.717) is 0 Å². The van der Waals surface area contributed by atoms with Gasteiger partial charge in [0.05, 0.1) is 0 Å². The predicted octanol–water partition coefficient (Wildman–Crippen LogP) is 2.86. The number of rotatable bonds is 3. The summed E-state index contributed by atoms with van der Waals surface area (Å²) in [5.74, 6) is 0. The molecule has 48 valence electrons. The van der Waals surface area contributed by atoms with E-state index in [-0.39, 0.29) is 0 Å². The molecule has 0 atom stereocenters. The molecular weight excluding hydrogens is 108 g/mol. The first-order chi connectivity index (χ1) is 4.26. The van der Waals surface area contributed by atoms with E-state index < -0.39 is 0 Å². The van der Waals surface area contributed by atoms with Crippen molar-refractivity contribution < 1.29 is 0 Å². The summed E-state index contributed by atoms with van der Waals surface area (Å²) >= 11 is 0. The zero-order valence-electron chi connectivity index (χ0n) is 5.85. The van der Waals surface area contributed by atoms with Crippen LogP contribution in [0.1, 0.15) is 6.92 Å². The highest BCUT2D eigenvalue weighted by Gasteiger charge is 1.85. The van der Waals surface area contributed by atoms with E-state index in [4.69, 9.17) is 0 Å². The molecule has 0 aromatic heterocycles. The lowest BCUT2D eigenvalue weighted by Crippen LogP contribution is -1.74. The highest BCUT2D eigenvalue weighted by Crippen LogP contribution is 2.05. The topological polar surface area (TPSA) is 0 Å². The van der Waals surface area contributed by atoms with Gasteiger partial charge in [-0.3, -0.25) is 0 Å². The molecule has 0 spiro atoms. The van der Waals surface area contributed by atoms with Gasteiger partial charge in [-0.2, -0.15) is 0 Å². The molecule has 0 heterocycles. The van der Waals surface area contributed by atoms with Crippen molar-refractivity contribution in [1.29, 1.82) is 0 Å². The Labute approximate surface area is 56.9 Å². The molecule has 0 aromatic rings. The molecule has 0 saturated heterocycles. The molecular formula is C9H12. The fraction of sp³-hybridized carbons (Fsp3) is 0.111. The molecule has 0 N–H and O–H groups in total. The van der Waals surface area contributed by atoms with Crippen LogP contribution in [0.4, 0.5) is 0 Å². The fourth-order valence-electron chi connectivity index (χ4n) is 0.523. The summed E-state index contributed by atoms with van der Waals surface area (Å²) in [6.45, 7) is 12.8. The zero-order valence-corrected chi connectivity index (χ0v) is 5.85. The van der Waals surface area contributed by atoms with Crippen molar-refractivity contribution >= 4 is 0 Å². The maximum atomic E-state index is 3.62. The Morgan fingerprint density at radius 2 is 1.44 bits per heavy atom. The first kappa shape index (κ1) is 7.96. The average molecular weight is 120 g/mol. The van der Waals surface area contributed by atoms with Crippen molar-refractivity contribution in [2.45, 2.75) is 6.92 Å². The zero-order chi connectivity index (χ0) is 7.28. The summed E-state index contributed by atoms with van der Waals surface area (Å²) in [5, 5.41) is 0. The molecule has 0 radical (unpaired) electrons. The van der Waals surface area contributed by atoms with Crippen molar-refractivity contribution in [2.75, 3.05) is 0 Å². The second-order valence-electron chi connectivity index (χ2n) is 1.75. The number of hydrogen-bond acceptors (Lipinski definition) is 0. The molecule has 0 unspecified atom stereocenters. The minimum atomic E-state index is 1.05. The smallest absolute Gasteiger partial charge is 0.0239 e. The molecule has 0 amide bonds. The standard InChI is InChI=1S/C9H12/c1-5-8(4)9(6-2)7-3/h5-7H,1-3H2,4H3. The van der Waals surface area contributed by atoms with Gasteiger partial charge in [-0.05, 0) is 18.1 Å². The molecule has 0 bridgehead atoms. The van der Waals surface area contributed by atoms with Crippen LogP contribution in [-0.2, 0) is 0 Å². The summed E-state index contributed by atoms with van der Waals surface area (Å²) < 4.78 is 0. The number of hydrogen-bond donors (Lipinski definition) is 0. The summed E-state index contributed by atoms with van der Waals surface area (Å²) in [4.78, 5) is 0. The predicted molar refractivity (Wildman–Crippen MR) is 43.3 cm³/mol. The third-order valence-electron chi connectivity index (χ3n) is 1.20. The molecule has 0 fully saturated rings. The lowest BCUT2D eigenvalue weighted by molar-refractivity contribution is 1.47.